The van der Waals surface area contributed by atoms with Crippen LogP contribution < -0.4 is 0 Å². The second kappa shape index (κ2) is 7.31. The highest BCUT2D eigenvalue weighted by Gasteiger charge is 2.27. The van der Waals surface area contributed by atoms with E-state index in [0.29, 0.717) is 25.8 Å². The predicted octanol–water partition coefficient (Wildman–Crippen LogP) is 1.13. The molecule has 1 saturated heterocycles. The molecule has 1 fully saturated rings. The molecule has 4 atom stereocenters. The lowest BCUT2D eigenvalue weighted by Gasteiger charge is -2.24. The van der Waals surface area contributed by atoms with Crippen LogP contribution in [0.1, 0.15) is 27.2 Å². The van der Waals surface area contributed by atoms with Gasteiger partial charge in [-0.25, -0.2) is 0 Å². The number of aliphatic hydroxyl groups excluding tert-OH is 1. The van der Waals surface area contributed by atoms with Crippen LogP contribution in [0, 0.1) is 5.92 Å². The molecule has 1 heterocycles. The van der Waals surface area contributed by atoms with Crippen LogP contribution in [0.25, 0.3) is 0 Å². The smallest absolute Gasteiger partial charge is 0.0900 e. The number of ether oxygens (including phenoxy) is 2. The van der Waals surface area contributed by atoms with Crippen LogP contribution in [0.15, 0.2) is 0 Å². The minimum Gasteiger partial charge on any atom is -0.389 e. The molecule has 0 aliphatic carbocycles. The molecule has 1 aliphatic heterocycles. The lowest BCUT2D eigenvalue weighted by atomic mass is 10.1. The van der Waals surface area contributed by atoms with E-state index in [9.17, 15) is 5.11 Å². The van der Waals surface area contributed by atoms with Gasteiger partial charge in [0.15, 0.2) is 0 Å². The Hall–Kier alpha value is -0.160. The molecule has 0 aromatic rings. The Morgan fingerprint density at radius 1 is 1.35 bits per heavy atom. The Kier molecular flexibility index (Phi) is 6.41. The molecule has 1 aliphatic rings. The third kappa shape index (κ3) is 5.34. The van der Waals surface area contributed by atoms with Crippen molar-refractivity contribution in [3.05, 3.63) is 0 Å². The number of nitrogens with zero attached hydrogens (tertiary/aromatic N) is 1. The first-order valence-corrected chi connectivity index (χ1v) is 6.55. The molecule has 4 unspecified atom stereocenters. The summed E-state index contributed by atoms with van der Waals surface area (Å²) in [5, 5.41) is 9.92. The van der Waals surface area contributed by atoms with Crippen molar-refractivity contribution in [2.75, 3.05) is 33.4 Å². The molecule has 1 N–H and O–H groups in total. The van der Waals surface area contributed by atoms with Crippen molar-refractivity contribution in [2.24, 2.45) is 5.92 Å². The fourth-order valence-electron chi connectivity index (χ4n) is 2.52. The van der Waals surface area contributed by atoms with Crippen molar-refractivity contribution >= 4 is 0 Å². The van der Waals surface area contributed by atoms with E-state index in [4.69, 9.17) is 9.47 Å². The zero-order valence-corrected chi connectivity index (χ0v) is 11.6. The van der Waals surface area contributed by atoms with E-state index in [2.05, 4.69) is 18.7 Å². The Morgan fingerprint density at radius 3 is 2.59 bits per heavy atom. The molecule has 0 amide bonds. The summed E-state index contributed by atoms with van der Waals surface area (Å²) >= 11 is 0. The van der Waals surface area contributed by atoms with Crippen molar-refractivity contribution < 1.29 is 14.6 Å². The van der Waals surface area contributed by atoms with E-state index in [1.54, 1.807) is 7.11 Å². The average Bonchev–Trinajstić information content (AvgIpc) is 2.55. The van der Waals surface area contributed by atoms with Crippen LogP contribution >= 0.6 is 0 Å². The van der Waals surface area contributed by atoms with Crippen molar-refractivity contribution in [1.29, 1.82) is 0 Å². The fraction of sp³-hybridized carbons (Fsp3) is 1.00. The highest BCUT2D eigenvalue weighted by Crippen LogP contribution is 2.22. The first kappa shape index (κ1) is 14.9. The van der Waals surface area contributed by atoms with Crippen LogP contribution in [0.4, 0.5) is 0 Å². The molecule has 4 nitrogen and oxygen atoms in total. The predicted molar refractivity (Wildman–Crippen MR) is 68.1 cm³/mol. The van der Waals surface area contributed by atoms with Crippen LogP contribution in [-0.2, 0) is 9.47 Å². The largest absolute Gasteiger partial charge is 0.389 e. The van der Waals surface area contributed by atoms with Gasteiger partial charge in [0.1, 0.15) is 0 Å². The summed E-state index contributed by atoms with van der Waals surface area (Å²) in [5.74, 6) is 0.741. The number of β-amino-alcohol motifs (C(OH)–C–C–N with tert-alkyl or cyclic N) is 1. The molecule has 0 bridgehead atoms. The van der Waals surface area contributed by atoms with Gasteiger partial charge in [-0.3, -0.25) is 4.90 Å². The lowest BCUT2D eigenvalue weighted by molar-refractivity contribution is -0.0403. The summed E-state index contributed by atoms with van der Waals surface area (Å²) in [6.07, 6.45) is 0.875. The third-order valence-electron chi connectivity index (χ3n) is 3.33. The maximum absolute atomic E-state index is 9.92. The zero-order valence-electron chi connectivity index (χ0n) is 11.6. The van der Waals surface area contributed by atoms with Gasteiger partial charge in [-0.05, 0) is 26.2 Å². The molecule has 0 aromatic carbocycles. The van der Waals surface area contributed by atoms with Gasteiger partial charge >= 0.3 is 0 Å². The molecule has 0 aromatic heterocycles. The van der Waals surface area contributed by atoms with E-state index in [1.165, 1.54) is 6.42 Å². The Balaban J connectivity index is 2.18. The second-order valence-corrected chi connectivity index (χ2v) is 5.40. The van der Waals surface area contributed by atoms with E-state index < -0.39 is 6.10 Å². The SMILES string of the molecule is COCC(C)OCC(O)CN1CC(C)CC1C. The first-order chi connectivity index (χ1) is 8.02. The summed E-state index contributed by atoms with van der Waals surface area (Å²) < 4.78 is 10.5. The highest BCUT2D eigenvalue weighted by atomic mass is 16.5. The summed E-state index contributed by atoms with van der Waals surface area (Å²) in [7, 11) is 1.66. The Morgan fingerprint density at radius 2 is 2.06 bits per heavy atom. The number of aliphatic hydroxyl groups is 1. The molecular formula is C13H27NO3. The van der Waals surface area contributed by atoms with Crippen LogP contribution in [-0.4, -0.2) is 61.7 Å². The van der Waals surface area contributed by atoms with Gasteiger partial charge in [-0.15, -0.1) is 0 Å². The van der Waals surface area contributed by atoms with Gasteiger partial charge < -0.3 is 14.6 Å². The van der Waals surface area contributed by atoms with Crippen LogP contribution in [0.2, 0.25) is 0 Å². The minimum absolute atomic E-state index is 0.0459. The van der Waals surface area contributed by atoms with E-state index in [1.807, 2.05) is 6.92 Å². The Bertz CT molecular complexity index is 213. The Labute approximate surface area is 105 Å². The fourth-order valence-corrected chi connectivity index (χ4v) is 2.52. The maximum atomic E-state index is 9.92. The van der Waals surface area contributed by atoms with E-state index in [-0.39, 0.29) is 6.10 Å². The summed E-state index contributed by atoms with van der Waals surface area (Å²) in [4.78, 5) is 2.35. The maximum Gasteiger partial charge on any atom is 0.0900 e. The van der Waals surface area contributed by atoms with Gasteiger partial charge in [-0.2, -0.15) is 0 Å². The third-order valence-corrected chi connectivity index (χ3v) is 3.33. The highest BCUT2D eigenvalue weighted by molar-refractivity contribution is 4.81. The quantitative estimate of drug-likeness (QED) is 0.730. The number of rotatable bonds is 7. The van der Waals surface area contributed by atoms with Gasteiger partial charge in [0.25, 0.3) is 0 Å². The van der Waals surface area contributed by atoms with Gasteiger partial charge in [0, 0.05) is 26.2 Å². The molecule has 0 radical (unpaired) electrons. The van der Waals surface area contributed by atoms with Gasteiger partial charge in [-0.1, -0.05) is 6.92 Å². The van der Waals surface area contributed by atoms with Gasteiger partial charge in [0.05, 0.1) is 25.4 Å². The molecule has 17 heavy (non-hydrogen) atoms. The standard InChI is InChI=1S/C13H27NO3/c1-10-5-11(2)14(6-10)7-13(15)9-17-12(3)8-16-4/h10-13,15H,5-9H2,1-4H3. The molecule has 0 saturated carbocycles. The molecular weight excluding hydrogens is 218 g/mol. The number of hydrogen-bond donors (Lipinski definition) is 1. The molecule has 1 rings (SSSR count). The van der Waals surface area contributed by atoms with Crippen LogP contribution in [0.3, 0.4) is 0 Å². The normalized spacial score (nSPS) is 29.5. The van der Waals surface area contributed by atoms with Crippen LogP contribution in [0.5, 0.6) is 0 Å². The van der Waals surface area contributed by atoms with Gasteiger partial charge in [0.2, 0.25) is 0 Å². The number of likely N-dealkylation sites (tertiary alicyclic amines) is 1. The molecule has 0 spiro atoms. The minimum atomic E-state index is -0.401. The summed E-state index contributed by atoms with van der Waals surface area (Å²) in [5.41, 5.74) is 0. The number of hydrogen-bond acceptors (Lipinski definition) is 4. The summed E-state index contributed by atoms with van der Waals surface area (Å²) in [6, 6.07) is 0.580. The second-order valence-electron chi connectivity index (χ2n) is 5.40. The van der Waals surface area contributed by atoms with Crippen molar-refractivity contribution in [3.8, 4) is 0 Å². The van der Waals surface area contributed by atoms with E-state index >= 15 is 0 Å². The number of methoxy groups -OCH3 is 1. The van der Waals surface area contributed by atoms with Crippen molar-refractivity contribution in [2.45, 2.75) is 45.4 Å². The van der Waals surface area contributed by atoms with E-state index in [0.717, 1.165) is 12.5 Å². The van der Waals surface area contributed by atoms with Crippen molar-refractivity contribution in [1.82, 2.24) is 4.90 Å². The average molecular weight is 245 g/mol. The monoisotopic (exact) mass is 245 g/mol. The zero-order chi connectivity index (χ0) is 12.8. The topological polar surface area (TPSA) is 41.9 Å². The molecule has 4 heteroatoms. The molecule has 102 valence electrons. The summed E-state index contributed by atoms with van der Waals surface area (Å²) in [6.45, 7) is 9.21. The van der Waals surface area contributed by atoms with Crippen molar-refractivity contribution in [3.63, 3.8) is 0 Å². The lowest BCUT2D eigenvalue weighted by Crippen LogP contribution is -2.37. The first-order valence-electron chi connectivity index (χ1n) is 6.55.